The van der Waals surface area contributed by atoms with Gasteiger partial charge < -0.3 is 10.5 Å². The van der Waals surface area contributed by atoms with Gasteiger partial charge in [-0.05, 0) is 66.3 Å². The number of pyridine rings is 1. The van der Waals surface area contributed by atoms with Crippen LogP contribution in [0, 0.1) is 5.95 Å². The molecule has 2 aliphatic heterocycles. The first-order valence-corrected chi connectivity index (χ1v) is 10.2. The van der Waals surface area contributed by atoms with Crippen molar-refractivity contribution in [3.63, 3.8) is 0 Å². The Morgan fingerprint density at radius 1 is 1.13 bits per heavy atom. The molecule has 3 aliphatic rings. The van der Waals surface area contributed by atoms with Gasteiger partial charge in [-0.2, -0.15) is 4.39 Å². The van der Waals surface area contributed by atoms with Crippen LogP contribution in [0.1, 0.15) is 35.4 Å². The Bertz CT molecular complexity index is 1300. The summed E-state index contributed by atoms with van der Waals surface area (Å²) in [6, 6.07) is 14.5. The number of likely N-dealkylation sites (N-methyl/N-ethyl adjacent to an activating group) is 1. The van der Waals surface area contributed by atoms with Crippen LogP contribution in [0.2, 0.25) is 0 Å². The maximum atomic E-state index is 14.4. The van der Waals surface area contributed by atoms with Crippen molar-refractivity contribution in [1.82, 2.24) is 9.88 Å². The number of fused-ring (bicyclic) bond motifs is 4. The van der Waals surface area contributed by atoms with Crippen LogP contribution >= 0.6 is 0 Å². The Labute approximate surface area is 178 Å². The molecule has 1 atom stereocenters. The van der Waals surface area contributed by atoms with E-state index in [2.05, 4.69) is 9.98 Å². The second-order valence-electron chi connectivity index (χ2n) is 8.23. The van der Waals surface area contributed by atoms with Crippen LogP contribution in [-0.2, 0) is 10.3 Å². The van der Waals surface area contributed by atoms with Crippen molar-refractivity contribution in [1.29, 1.82) is 0 Å². The summed E-state index contributed by atoms with van der Waals surface area (Å²) in [5.74, 6) is 0.876. The molecule has 154 valence electrons. The number of nitrogens with two attached hydrogens (primary N) is 1. The SMILES string of the molecule is CN1C(=O)C2(N=C1N)c1cc(-c3cccnc3F)ccc1Oc1ccc(C3CC3)cc12. The minimum Gasteiger partial charge on any atom is -0.457 e. The molecule has 1 unspecified atom stereocenters. The first-order valence-electron chi connectivity index (χ1n) is 10.2. The maximum absolute atomic E-state index is 14.4. The molecular formula is C24H19FN4O2. The van der Waals surface area contributed by atoms with Crippen molar-refractivity contribution in [3.8, 4) is 22.6 Å². The van der Waals surface area contributed by atoms with Gasteiger partial charge in [0.15, 0.2) is 5.96 Å². The molecule has 6 rings (SSSR count). The van der Waals surface area contributed by atoms with E-state index in [0.29, 0.717) is 39.7 Å². The van der Waals surface area contributed by atoms with Crippen LogP contribution in [0.3, 0.4) is 0 Å². The van der Waals surface area contributed by atoms with Gasteiger partial charge in [-0.3, -0.25) is 9.69 Å². The van der Waals surface area contributed by atoms with E-state index in [1.54, 1.807) is 37.4 Å². The Morgan fingerprint density at radius 3 is 2.55 bits per heavy atom. The number of halogens is 1. The molecule has 1 fully saturated rings. The zero-order valence-corrected chi connectivity index (χ0v) is 16.8. The lowest BCUT2D eigenvalue weighted by Crippen LogP contribution is -2.42. The standard InChI is InChI=1S/C24H19FN4O2/c1-29-22(30)24(28-23(29)26)17-11-14(13-4-5-13)6-8-19(17)31-20-9-7-15(12-18(20)24)16-3-2-10-27-21(16)25/h2-3,6-13H,4-5H2,1H3,(H2,26,28). The van der Waals surface area contributed by atoms with Gasteiger partial charge >= 0.3 is 0 Å². The molecule has 1 amide bonds. The highest BCUT2D eigenvalue weighted by Crippen LogP contribution is 2.54. The number of carbonyl (C=O) groups excluding carboxylic acids is 1. The third kappa shape index (κ3) is 2.46. The number of benzene rings is 2. The van der Waals surface area contributed by atoms with Crippen molar-refractivity contribution in [2.24, 2.45) is 10.7 Å². The highest BCUT2D eigenvalue weighted by Gasteiger charge is 2.54. The molecule has 3 heterocycles. The molecule has 7 heteroatoms. The summed E-state index contributed by atoms with van der Waals surface area (Å²) in [6.45, 7) is 0. The van der Waals surface area contributed by atoms with Crippen LogP contribution in [0.4, 0.5) is 4.39 Å². The van der Waals surface area contributed by atoms with Crippen molar-refractivity contribution >= 4 is 11.9 Å². The van der Waals surface area contributed by atoms with E-state index in [9.17, 15) is 9.18 Å². The highest BCUT2D eigenvalue weighted by atomic mass is 19.1. The first kappa shape index (κ1) is 18.1. The fourth-order valence-corrected chi connectivity index (χ4v) is 4.52. The van der Waals surface area contributed by atoms with Crippen molar-refractivity contribution in [3.05, 3.63) is 77.4 Å². The lowest BCUT2D eigenvalue weighted by molar-refractivity contribution is -0.129. The van der Waals surface area contributed by atoms with E-state index >= 15 is 0 Å². The average molecular weight is 414 g/mol. The van der Waals surface area contributed by atoms with E-state index in [1.807, 2.05) is 18.2 Å². The molecule has 0 bridgehead atoms. The predicted octanol–water partition coefficient (Wildman–Crippen LogP) is 3.90. The molecule has 1 aliphatic carbocycles. The highest BCUT2D eigenvalue weighted by molar-refractivity contribution is 6.10. The van der Waals surface area contributed by atoms with Gasteiger partial charge in [0.2, 0.25) is 11.5 Å². The van der Waals surface area contributed by atoms with E-state index < -0.39 is 11.5 Å². The number of aromatic nitrogens is 1. The quantitative estimate of drug-likeness (QED) is 0.645. The van der Waals surface area contributed by atoms with Crippen LogP contribution < -0.4 is 10.5 Å². The van der Waals surface area contributed by atoms with E-state index in [1.165, 1.54) is 11.1 Å². The van der Waals surface area contributed by atoms with Crippen LogP contribution in [0.15, 0.2) is 59.7 Å². The zero-order chi connectivity index (χ0) is 21.3. The van der Waals surface area contributed by atoms with Crippen molar-refractivity contribution < 1.29 is 13.9 Å². The molecule has 2 aromatic carbocycles. The number of carbonyl (C=O) groups is 1. The monoisotopic (exact) mass is 414 g/mol. The summed E-state index contributed by atoms with van der Waals surface area (Å²) >= 11 is 0. The smallest absolute Gasteiger partial charge is 0.266 e. The number of aliphatic imine (C=N–C) groups is 1. The fourth-order valence-electron chi connectivity index (χ4n) is 4.52. The number of hydrogen-bond donors (Lipinski definition) is 1. The molecule has 1 aromatic heterocycles. The number of nitrogens with zero attached hydrogens (tertiary/aromatic N) is 3. The maximum Gasteiger partial charge on any atom is 0.266 e. The zero-order valence-electron chi connectivity index (χ0n) is 16.8. The van der Waals surface area contributed by atoms with Crippen molar-refractivity contribution in [2.75, 3.05) is 7.05 Å². The molecular weight excluding hydrogens is 395 g/mol. The molecule has 6 nitrogen and oxygen atoms in total. The van der Waals surface area contributed by atoms with Crippen molar-refractivity contribution in [2.45, 2.75) is 24.3 Å². The average Bonchev–Trinajstić information content (AvgIpc) is 3.60. The van der Waals surface area contributed by atoms with Gasteiger partial charge in [0.1, 0.15) is 11.5 Å². The van der Waals surface area contributed by atoms with Gasteiger partial charge in [0.05, 0.1) is 0 Å². The van der Waals surface area contributed by atoms with Crippen LogP contribution in [0.25, 0.3) is 11.1 Å². The van der Waals surface area contributed by atoms with Crippen LogP contribution in [0.5, 0.6) is 11.5 Å². The lowest BCUT2D eigenvalue weighted by Gasteiger charge is -2.34. The number of rotatable bonds is 2. The minimum atomic E-state index is -1.36. The molecule has 3 aromatic rings. The van der Waals surface area contributed by atoms with Gasteiger partial charge in [-0.15, -0.1) is 0 Å². The summed E-state index contributed by atoms with van der Waals surface area (Å²) < 4.78 is 20.6. The van der Waals surface area contributed by atoms with E-state index in [0.717, 1.165) is 18.4 Å². The van der Waals surface area contributed by atoms with Gasteiger partial charge in [0.25, 0.3) is 5.91 Å². The first-order chi connectivity index (χ1) is 15.0. The summed E-state index contributed by atoms with van der Waals surface area (Å²) in [6.07, 6.45) is 3.66. The molecule has 0 saturated heterocycles. The van der Waals surface area contributed by atoms with E-state index in [-0.39, 0.29) is 11.9 Å². The van der Waals surface area contributed by atoms with Gasteiger partial charge in [-0.25, -0.2) is 9.98 Å². The Kier molecular flexibility index (Phi) is 3.57. The third-order valence-corrected chi connectivity index (χ3v) is 6.34. The number of ether oxygens (including phenoxy) is 1. The summed E-state index contributed by atoms with van der Waals surface area (Å²) in [4.78, 5) is 23.4. The third-order valence-electron chi connectivity index (χ3n) is 6.34. The van der Waals surface area contributed by atoms with Gasteiger partial charge in [-0.1, -0.05) is 12.1 Å². The fraction of sp³-hybridized carbons (Fsp3) is 0.208. The Hall–Kier alpha value is -3.74. The minimum absolute atomic E-state index is 0.138. The summed E-state index contributed by atoms with van der Waals surface area (Å²) in [7, 11) is 1.61. The molecule has 1 spiro atoms. The Balaban J connectivity index is 1.62. The molecule has 0 radical (unpaired) electrons. The largest absolute Gasteiger partial charge is 0.457 e. The normalized spacial score (nSPS) is 21.5. The molecule has 31 heavy (non-hydrogen) atoms. The number of amides is 1. The predicted molar refractivity (Wildman–Crippen MR) is 113 cm³/mol. The Morgan fingerprint density at radius 2 is 1.87 bits per heavy atom. The number of guanidine groups is 1. The molecule has 2 N–H and O–H groups in total. The van der Waals surface area contributed by atoms with Crippen LogP contribution in [-0.4, -0.2) is 28.8 Å². The second kappa shape index (κ2) is 6.14. The van der Waals surface area contributed by atoms with Gasteiger partial charge in [0, 0.05) is 29.9 Å². The number of hydrogen-bond acceptors (Lipinski definition) is 5. The topological polar surface area (TPSA) is 80.8 Å². The summed E-state index contributed by atoms with van der Waals surface area (Å²) in [5.41, 5.74) is 8.07. The molecule has 1 saturated carbocycles. The second-order valence-corrected chi connectivity index (χ2v) is 8.23. The van der Waals surface area contributed by atoms with E-state index in [4.69, 9.17) is 10.5 Å². The lowest BCUT2D eigenvalue weighted by atomic mass is 9.78. The summed E-state index contributed by atoms with van der Waals surface area (Å²) in [5, 5.41) is 0.